The number of carbonyl (C=O) groups excluding carboxylic acids is 1. The Balaban J connectivity index is 1.89. The first kappa shape index (κ1) is 16.0. The predicted molar refractivity (Wildman–Crippen MR) is 84.8 cm³/mol. The summed E-state index contributed by atoms with van der Waals surface area (Å²) < 4.78 is 0. The Hall–Kier alpha value is -0.370. The molecule has 2 saturated carbocycles. The van der Waals surface area contributed by atoms with Gasteiger partial charge in [-0.1, -0.05) is 33.1 Å². The van der Waals surface area contributed by atoms with Crippen LogP contribution in [0.15, 0.2) is 0 Å². The fourth-order valence-electron chi connectivity index (χ4n) is 4.61. The first-order chi connectivity index (χ1) is 9.58. The summed E-state index contributed by atoms with van der Waals surface area (Å²) in [7, 11) is 2.25. The van der Waals surface area contributed by atoms with Crippen LogP contribution in [0.4, 0.5) is 0 Å². The van der Waals surface area contributed by atoms with Gasteiger partial charge in [-0.15, -0.1) is 0 Å². The molecule has 2 nitrogen and oxygen atoms in total. The molecule has 0 aromatic heterocycles. The monoisotopic (exact) mass is 279 g/mol. The Morgan fingerprint density at radius 3 is 2.45 bits per heavy atom. The maximum atomic E-state index is 11.7. The lowest BCUT2D eigenvalue weighted by molar-refractivity contribution is -0.120. The Labute approximate surface area is 125 Å². The van der Waals surface area contributed by atoms with Gasteiger partial charge >= 0.3 is 0 Å². The maximum Gasteiger partial charge on any atom is 0.127 e. The number of nitrogens with zero attached hydrogens (tertiary/aromatic N) is 1. The third kappa shape index (κ3) is 3.84. The highest BCUT2D eigenvalue weighted by Gasteiger charge is 2.37. The number of aldehydes is 1. The molecule has 0 bridgehead atoms. The molecule has 0 spiro atoms. The third-order valence-electron chi connectivity index (χ3n) is 5.96. The SMILES string of the molecule is CCC1CCC(N(C)CC2(C=O)CCCC(C)C2)CC1. The van der Waals surface area contributed by atoms with Crippen molar-refractivity contribution in [2.45, 2.75) is 77.7 Å². The van der Waals surface area contributed by atoms with E-state index in [0.29, 0.717) is 6.04 Å². The summed E-state index contributed by atoms with van der Waals surface area (Å²) in [5, 5.41) is 0. The smallest absolute Gasteiger partial charge is 0.127 e. The van der Waals surface area contributed by atoms with Gasteiger partial charge in [-0.05, 0) is 57.4 Å². The van der Waals surface area contributed by atoms with Crippen molar-refractivity contribution in [2.75, 3.05) is 13.6 Å². The molecule has 0 saturated heterocycles. The highest BCUT2D eigenvalue weighted by molar-refractivity contribution is 5.60. The average Bonchev–Trinajstić information content (AvgIpc) is 2.47. The molecule has 2 unspecified atom stereocenters. The van der Waals surface area contributed by atoms with Gasteiger partial charge in [0.2, 0.25) is 0 Å². The van der Waals surface area contributed by atoms with Gasteiger partial charge in [-0.25, -0.2) is 0 Å². The van der Waals surface area contributed by atoms with Crippen LogP contribution in [0.1, 0.15) is 71.6 Å². The summed E-state index contributed by atoms with van der Waals surface area (Å²) in [6.45, 7) is 5.62. The fraction of sp³-hybridized carbons (Fsp3) is 0.944. The van der Waals surface area contributed by atoms with E-state index in [1.165, 1.54) is 51.2 Å². The van der Waals surface area contributed by atoms with Crippen molar-refractivity contribution in [3.05, 3.63) is 0 Å². The van der Waals surface area contributed by atoms with Crippen molar-refractivity contribution in [3.8, 4) is 0 Å². The van der Waals surface area contributed by atoms with Gasteiger partial charge in [0.25, 0.3) is 0 Å². The van der Waals surface area contributed by atoms with Crippen LogP contribution in [-0.4, -0.2) is 30.8 Å². The highest BCUT2D eigenvalue weighted by Crippen LogP contribution is 2.39. The van der Waals surface area contributed by atoms with Crippen LogP contribution in [0, 0.1) is 17.3 Å². The lowest BCUT2D eigenvalue weighted by atomic mass is 9.70. The van der Waals surface area contributed by atoms with Crippen molar-refractivity contribution < 1.29 is 4.79 Å². The minimum atomic E-state index is -0.0476. The van der Waals surface area contributed by atoms with Gasteiger partial charge in [0.15, 0.2) is 0 Å². The Kier molecular flexibility index (Phi) is 5.65. The van der Waals surface area contributed by atoms with Gasteiger partial charge < -0.3 is 9.69 Å². The van der Waals surface area contributed by atoms with Gasteiger partial charge in [-0.3, -0.25) is 0 Å². The minimum absolute atomic E-state index is 0.0476. The normalized spacial score (nSPS) is 38.9. The molecule has 0 aliphatic heterocycles. The molecule has 0 radical (unpaired) electrons. The van der Waals surface area contributed by atoms with E-state index >= 15 is 0 Å². The molecule has 0 N–H and O–H groups in total. The van der Waals surface area contributed by atoms with Crippen LogP contribution in [0.2, 0.25) is 0 Å². The fourth-order valence-corrected chi connectivity index (χ4v) is 4.61. The average molecular weight is 279 g/mol. The quantitative estimate of drug-likeness (QED) is 0.700. The van der Waals surface area contributed by atoms with Gasteiger partial charge in [0.05, 0.1) is 0 Å². The molecule has 0 heterocycles. The molecular formula is C18H33NO. The van der Waals surface area contributed by atoms with E-state index in [4.69, 9.17) is 0 Å². The van der Waals surface area contributed by atoms with Crippen molar-refractivity contribution in [1.29, 1.82) is 0 Å². The van der Waals surface area contributed by atoms with Crippen LogP contribution in [-0.2, 0) is 4.79 Å². The first-order valence-electron chi connectivity index (χ1n) is 8.75. The molecule has 2 rings (SSSR count). The molecule has 2 aliphatic carbocycles. The summed E-state index contributed by atoms with van der Waals surface area (Å²) in [4.78, 5) is 14.2. The Morgan fingerprint density at radius 2 is 1.90 bits per heavy atom. The second-order valence-electron chi connectivity index (χ2n) is 7.68. The van der Waals surface area contributed by atoms with Gasteiger partial charge in [0.1, 0.15) is 6.29 Å². The summed E-state index contributed by atoms with van der Waals surface area (Å²) in [5.41, 5.74) is -0.0476. The number of carbonyl (C=O) groups is 1. The zero-order valence-corrected chi connectivity index (χ0v) is 13.7. The molecule has 2 heteroatoms. The topological polar surface area (TPSA) is 20.3 Å². The molecule has 2 atom stereocenters. The molecule has 0 amide bonds. The van der Waals surface area contributed by atoms with E-state index in [-0.39, 0.29) is 5.41 Å². The van der Waals surface area contributed by atoms with Crippen LogP contribution in [0.5, 0.6) is 0 Å². The predicted octanol–water partition coefficient (Wildman–Crippen LogP) is 4.28. The van der Waals surface area contributed by atoms with E-state index in [1.54, 1.807) is 0 Å². The van der Waals surface area contributed by atoms with E-state index < -0.39 is 0 Å². The van der Waals surface area contributed by atoms with Crippen molar-refractivity contribution in [1.82, 2.24) is 4.90 Å². The van der Waals surface area contributed by atoms with Crippen LogP contribution in [0.3, 0.4) is 0 Å². The maximum absolute atomic E-state index is 11.7. The molecule has 116 valence electrons. The van der Waals surface area contributed by atoms with Crippen molar-refractivity contribution in [3.63, 3.8) is 0 Å². The van der Waals surface area contributed by atoms with Crippen molar-refractivity contribution in [2.24, 2.45) is 17.3 Å². The molecule has 0 aromatic rings. The molecule has 2 aliphatic rings. The minimum Gasteiger partial charge on any atom is -0.303 e. The van der Waals surface area contributed by atoms with Gasteiger partial charge in [-0.2, -0.15) is 0 Å². The number of hydrogen-bond acceptors (Lipinski definition) is 2. The largest absolute Gasteiger partial charge is 0.303 e. The van der Waals surface area contributed by atoms with Crippen LogP contribution in [0.25, 0.3) is 0 Å². The molecule has 0 aromatic carbocycles. The summed E-state index contributed by atoms with van der Waals surface area (Å²) >= 11 is 0. The summed E-state index contributed by atoms with van der Waals surface area (Å²) in [6.07, 6.45) is 12.8. The Bertz CT molecular complexity index is 309. The van der Waals surface area contributed by atoms with Crippen molar-refractivity contribution >= 4 is 6.29 Å². The summed E-state index contributed by atoms with van der Waals surface area (Å²) in [5.74, 6) is 1.67. The van der Waals surface area contributed by atoms with Crippen LogP contribution < -0.4 is 0 Å². The second-order valence-corrected chi connectivity index (χ2v) is 7.68. The van der Waals surface area contributed by atoms with E-state index in [1.807, 2.05) is 0 Å². The molecule has 20 heavy (non-hydrogen) atoms. The molecule has 2 fully saturated rings. The lowest BCUT2D eigenvalue weighted by Crippen LogP contribution is -2.45. The third-order valence-corrected chi connectivity index (χ3v) is 5.96. The molecular weight excluding hydrogens is 246 g/mol. The zero-order valence-electron chi connectivity index (χ0n) is 13.7. The van der Waals surface area contributed by atoms with Crippen LogP contribution >= 0.6 is 0 Å². The number of rotatable bonds is 5. The standard InChI is InChI=1S/C18H33NO/c1-4-16-7-9-17(10-8-16)19(3)13-18(14-20)11-5-6-15(2)12-18/h14-17H,4-13H2,1-3H3. The summed E-state index contributed by atoms with van der Waals surface area (Å²) in [6, 6.07) is 0.715. The second kappa shape index (κ2) is 7.06. The van der Waals surface area contributed by atoms with E-state index in [2.05, 4.69) is 25.8 Å². The number of hydrogen-bond donors (Lipinski definition) is 0. The van der Waals surface area contributed by atoms with E-state index in [0.717, 1.165) is 31.2 Å². The Morgan fingerprint density at radius 1 is 1.20 bits per heavy atom. The van der Waals surface area contributed by atoms with Gasteiger partial charge in [0, 0.05) is 18.0 Å². The first-order valence-corrected chi connectivity index (χ1v) is 8.75. The highest BCUT2D eigenvalue weighted by atomic mass is 16.1. The van der Waals surface area contributed by atoms with E-state index in [9.17, 15) is 4.79 Å². The lowest BCUT2D eigenvalue weighted by Gasteiger charge is -2.42. The zero-order chi connectivity index (χ0) is 14.6.